The molecule has 15 heavy (non-hydrogen) atoms. The van der Waals surface area contributed by atoms with Crippen molar-refractivity contribution >= 4 is 0 Å². The van der Waals surface area contributed by atoms with Crippen molar-refractivity contribution in [3.05, 3.63) is 18.0 Å². The number of hydrogen-bond acceptors (Lipinski definition) is 3. The molecule has 0 radical (unpaired) electrons. The highest BCUT2D eigenvalue weighted by Gasteiger charge is 2.10. The molecular formula is C11H21N3O. The zero-order chi connectivity index (χ0) is 11.1. The van der Waals surface area contributed by atoms with Crippen LogP contribution in [-0.2, 0) is 11.3 Å². The normalized spacial score (nSPS) is 13.0. The van der Waals surface area contributed by atoms with Crippen molar-refractivity contribution in [1.29, 1.82) is 0 Å². The van der Waals surface area contributed by atoms with E-state index in [1.807, 2.05) is 16.9 Å². The third kappa shape index (κ3) is 3.64. The maximum absolute atomic E-state index is 6.09. The van der Waals surface area contributed by atoms with Crippen LogP contribution in [0.2, 0.25) is 0 Å². The van der Waals surface area contributed by atoms with Gasteiger partial charge in [0.25, 0.3) is 0 Å². The zero-order valence-corrected chi connectivity index (χ0v) is 9.65. The summed E-state index contributed by atoms with van der Waals surface area (Å²) in [6, 6.07) is 2.09. The van der Waals surface area contributed by atoms with Gasteiger partial charge >= 0.3 is 0 Å². The predicted molar refractivity (Wildman–Crippen MR) is 60.6 cm³/mol. The van der Waals surface area contributed by atoms with E-state index in [4.69, 9.17) is 10.5 Å². The minimum absolute atomic E-state index is 0.0780. The van der Waals surface area contributed by atoms with Crippen molar-refractivity contribution in [1.82, 2.24) is 9.78 Å². The van der Waals surface area contributed by atoms with E-state index < -0.39 is 0 Å². The quantitative estimate of drug-likeness (QED) is 0.699. The van der Waals surface area contributed by atoms with E-state index >= 15 is 0 Å². The standard InChI is InChI=1S/C11H21N3O/c1-3-8-14-11(6-7-13-14)10(12)5-4-9-15-2/h6-7,10H,3-5,8-9,12H2,1-2H3. The molecule has 4 nitrogen and oxygen atoms in total. The molecule has 86 valence electrons. The summed E-state index contributed by atoms with van der Waals surface area (Å²) in [5, 5.41) is 4.26. The average Bonchev–Trinajstić information content (AvgIpc) is 2.67. The second kappa shape index (κ2) is 6.58. The molecule has 1 rings (SSSR count). The first-order chi connectivity index (χ1) is 7.29. The van der Waals surface area contributed by atoms with Crippen LogP contribution in [0.15, 0.2) is 12.3 Å². The molecule has 1 heterocycles. The second-order valence-corrected chi connectivity index (χ2v) is 3.72. The third-order valence-corrected chi connectivity index (χ3v) is 2.43. The van der Waals surface area contributed by atoms with Crippen LogP contribution in [0, 0.1) is 0 Å². The first-order valence-electron chi connectivity index (χ1n) is 5.55. The van der Waals surface area contributed by atoms with Crippen molar-refractivity contribution in [3.63, 3.8) is 0 Å². The summed E-state index contributed by atoms with van der Waals surface area (Å²) in [5.74, 6) is 0. The fourth-order valence-corrected chi connectivity index (χ4v) is 1.65. The van der Waals surface area contributed by atoms with Crippen molar-refractivity contribution in [2.24, 2.45) is 5.73 Å². The molecule has 1 atom stereocenters. The minimum atomic E-state index is 0.0780. The summed E-state index contributed by atoms with van der Waals surface area (Å²) >= 11 is 0. The summed E-state index contributed by atoms with van der Waals surface area (Å²) in [5.41, 5.74) is 7.23. The molecule has 0 aliphatic carbocycles. The third-order valence-electron chi connectivity index (χ3n) is 2.43. The molecule has 0 aromatic carbocycles. The van der Waals surface area contributed by atoms with Gasteiger partial charge in [0.1, 0.15) is 0 Å². The molecule has 0 aliphatic rings. The Morgan fingerprint density at radius 2 is 2.40 bits per heavy atom. The number of nitrogens with two attached hydrogens (primary N) is 1. The van der Waals surface area contributed by atoms with Gasteiger partial charge in [-0.2, -0.15) is 5.10 Å². The van der Waals surface area contributed by atoms with E-state index in [1.165, 1.54) is 0 Å². The summed E-state index contributed by atoms with van der Waals surface area (Å²) in [6.45, 7) is 3.86. The van der Waals surface area contributed by atoms with E-state index in [0.717, 1.165) is 38.1 Å². The lowest BCUT2D eigenvalue weighted by atomic mass is 10.1. The van der Waals surface area contributed by atoms with E-state index in [2.05, 4.69) is 12.0 Å². The number of hydrogen-bond donors (Lipinski definition) is 1. The van der Waals surface area contributed by atoms with Gasteiger partial charge in [0.05, 0.1) is 5.69 Å². The lowest BCUT2D eigenvalue weighted by Gasteiger charge is -2.13. The molecule has 0 fully saturated rings. The fraction of sp³-hybridized carbons (Fsp3) is 0.727. The molecule has 1 unspecified atom stereocenters. The molecule has 0 amide bonds. The summed E-state index contributed by atoms with van der Waals surface area (Å²) in [6.07, 6.45) is 4.85. The van der Waals surface area contributed by atoms with Crippen LogP contribution in [0.5, 0.6) is 0 Å². The van der Waals surface area contributed by atoms with Crippen LogP contribution in [0.3, 0.4) is 0 Å². The molecule has 1 aromatic rings. The predicted octanol–water partition coefficient (Wildman–Crippen LogP) is 1.72. The molecule has 2 N–H and O–H groups in total. The van der Waals surface area contributed by atoms with Crippen LogP contribution in [-0.4, -0.2) is 23.5 Å². The van der Waals surface area contributed by atoms with Gasteiger partial charge in [0.15, 0.2) is 0 Å². The van der Waals surface area contributed by atoms with Gasteiger partial charge in [-0.15, -0.1) is 0 Å². The largest absolute Gasteiger partial charge is 0.385 e. The summed E-state index contributed by atoms with van der Waals surface area (Å²) in [7, 11) is 1.72. The van der Waals surface area contributed by atoms with Crippen LogP contribution >= 0.6 is 0 Å². The van der Waals surface area contributed by atoms with Crippen molar-refractivity contribution < 1.29 is 4.74 Å². The molecule has 0 saturated carbocycles. The Labute approximate surface area is 91.4 Å². The Morgan fingerprint density at radius 3 is 3.07 bits per heavy atom. The highest BCUT2D eigenvalue weighted by molar-refractivity contribution is 5.06. The Balaban J connectivity index is 2.48. The molecule has 0 saturated heterocycles. The van der Waals surface area contributed by atoms with Crippen molar-refractivity contribution in [2.45, 2.75) is 38.8 Å². The lowest BCUT2D eigenvalue weighted by molar-refractivity contribution is 0.190. The minimum Gasteiger partial charge on any atom is -0.385 e. The Kier molecular flexibility index (Phi) is 5.36. The van der Waals surface area contributed by atoms with Crippen LogP contribution in [0.1, 0.15) is 37.9 Å². The molecule has 0 bridgehead atoms. The molecule has 0 spiro atoms. The molecule has 1 aromatic heterocycles. The van der Waals surface area contributed by atoms with Crippen LogP contribution < -0.4 is 5.73 Å². The Morgan fingerprint density at radius 1 is 1.60 bits per heavy atom. The number of rotatable bonds is 7. The van der Waals surface area contributed by atoms with Crippen LogP contribution in [0.25, 0.3) is 0 Å². The topological polar surface area (TPSA) is 53.1 Å². The van der Waals surface area contributed by atoms with E-state index in [9.17, 15) is 0 Å². The van der Waals surface area contributed by atoms with Gasteiger partial charge in [-0.25, -0.2) is 0 Å². The van der Waals surface area contributed by atoms with Crippen LogP contribution in [0.4, 0.5) is 0 Å². The van der Waals surface area contributed by atoms with E-state index in [-0.39, 0.29) is 6.04 Å². The lowest BCUT2D eigenvalue weighted by Crippen LogP contribution is -2.17. The highest BCUT2D eigenvalue weighted by atomic mass is 16.5. The SMILES string of the molecule is CCCn1nccc1C(N)CCCOC. The summed E-state index contributed by atoms with van der Waals surface area (Å²) in [4.78, 5) is 0. The monoisotopic (exact) mass is 211 g/mol. The average molecular weight is 211 g/mol. The smallest absolute Gasteiger partial charge is 0.0551 e. The van der Waals surface area contributed by atoms with E-state index in [1.54, 1.807) is 7.11 Å². The van der Waals surface area contributed by atoms with Crippen molar-refractivity contribution in [2.75, 3.05) is 13.7 Å². The Bertz CT molecular complexity index is 273. The number of nitrogens with zero attached hydrogens (tertiary/aromatic N) is 2. The Hall–Kier alpha value is -0.870. The van der Waals surface area contributed by atoms with Gasteiger partial charge in [-0.3, -0.25) is 4.68 Å². The fourth-order valence-electron chi connectivity index (χ4n) is 1.65. The van der Waals surface area contributed by atoms with E-state index in [0.29, 0.717) is 0 Å². The number of aromatic nitrogens is 2. The zero-order valence-electron chi connectivity index (χ0n) is 9.65. The van der Waals surface area contributed by atoms with Gasteiger partial charge in [-0.1, -0.05) is 6.92 Å². The maximum Gasteiger partial charge on any atom is 0.0551 e. The first-order valence-corrected chi connectivity index (χ1v) is 5.55. The highest BCUT2D eigenvalue weighted by Crippen LogP contribution is 2.15. The maximum atomic E-state index is 6.09. The van der Waals surface area contributed by atoms with Gasteiger partial charge in [0, 0.05) is 32.5 Å². The molecule has 4 heteroatoms. The van der Waals surface area contributed by atoms with Gasteiger partial charge < -0.3 is 10.5 Å². The number of methoxy groups -OCH3 is 1. The molecular weight excluding hydrogens is 190 g/mol. The van der Waals surface area contributed by atoms with Gasteiger partial charge in [-0.05, 0) is 25.3 Å². The first kappa shape index (κ1) is 12.2. The molecule has 0 aliphatic heterocycles. The number of aryl methyl sites for hydroxylation is 1. The summed E-state index contributed by atoms with van der Waals surface area (Å²) < 4.78 is 7.01. The number of ether oxygens (including phenoxy) is 1. The second-order valence-electron chi connectivity index (χ2n) is 3.72. The van der Waals surface area contributed by atoms with Gasteiger partial charge in [0.2, 0.25) is 0 Å². The van der Waals surface area contributed by atoms with Crippen molar-refractivity contribution in [3.8, 4) is 0 Å².